The lowest BCUT2D eigenvalue weighted by Gasteiger charge is -2.35. The van der Waals surface area contributed by atoms with Gasteiger partial charge in [0.2, 0.25) is 0 Å². The number of aliphatic hydroxyl groups is 2. The summed E-state index contributed by atoms with van der Waals surface area (Å²) in [6, 6.07) is 0. The van der Waals surface area contributed by atoms with E-state index in [9.17, 15) is 10.2 Å². The lowest BCUT2D eigenvalue weighted by molar-refractivity contribution is -0.000308. The van der Waals surface area contributed by atoms with Crippen LogP contribution in [-0.4, -0.2) is 23.4 Å². The molecular formula is C11H24O2. The van der Waals surface area contributed by atoms with Gasteiger partial charge in [0.25, 0.3) is 0 Å². The zero-order valence-corrected chi connectivity index (χ0v) is 9.21. The van der Waals surface area contributed by atoms with Crippen molar-refractivity contribution in [3.05, 3.63) is 0 Å². The normalized spacial score (nSPS) is 14.5. The Morgan fingerprint density at radius 3 is 2.00 bits per heavy atom. The summed E-state index contributed by atoms with van der Waals surface area (Å²) < 4.78 is 0. The Morgan fingerprint density at radius 1 is 1.15 bits per heavy atom. The van der Waals surface area contributed by atoms with Crippen LogP contribution in [0.25, 0.3) is 0 Å². The van der Waals surface area contributed by atoms with Gasteiger partial charge in [0.1, 0.15) is 0 Å². The molecule has 0 heterocycles. The number of rotatable bonds is 7. The number of hydrogen-bond acceptors (Lipinski definition) is 2. The Balaban J connectivity index is 4.29. The van der Waals surface area contributed by atoms with E-state index in [2.05, 4.69) is 20.8 Å². The van der Waals surface area contributed by atoms with Gasteiger partial charge in [-0.1, -0.05) is 40.0 Å². The summed E-state index contributed by atoms with van der Waals surface area (Å²) >= 11 is 0. The maximum absolute atomic E-state index is 9.34. The van der Waals surface area contributed by atoms with E-state index in [-0.39, 0.29) is 18.6 Å². The highest BCUT2D eigenvalue weighted by Crippen LogP contribution is 2.34. The maximum atomic E-state index is 9.34. The summed E-state index contributed by atoms with van der Waals surface area (Å²) in [5.74, 6) is 0.397. The second-order valence-corrected chi connectivity index (χ2v) is 4.09. The van der Waals surface area contributed by atoms with Gasteiger partial charge < -0.3 is 10.2 Å². The Hall–Kier alpha value is -0.0800. The smallest absolute Gasteiger partial charge is 0.0511 e. The molecule has 0 aromatic rings. The fourth-order valence-corrected chi connectivity index (χ4v) is 1.73. The van der Waals surface area contributed by atoms with Crippen LogP contribution in [0.15, 0.2) is 0 Å². The standard InChI is InChI=1S/C11H24O2/c1-4-6-7-11(8-12,9-13)10(3)5-2/h10,12-13H,4-9H2,1-3H3. The van der Waals surface area contributed by atoms with Crippen molar-refractivity contribution in [3.8, 4) is 0 Å². The average Bonchev–Trinajstić information content (AvgIpc) is 2.19. The molecule has 2 heteroatoms. The zero-order valence-electron chi connectivity index (χ0n) is 9.21. The minimum Gasteiger partial charge on any atom is -0.396 e. The van der Waals surface area contributed by atoms with Crippen LogP contribution in [-0.2, 0) is 0 Å². The van der Waals surface area contributed by atoms with E-state index in [0.717, 1.165) is 25.7 Å². The molecule has 0 amide bonds. The summed E-state index contributed by atoms with van der Waals surface area (Å²) in [5.41, 5.74) is -0.245. The second-order valence-electron chi connectivity index (χ2n) is 4.09. The largest absolute Gasteiger partial charge is 0.396 e. The highest BCUT2D eigenvalue weighted by atomic mass is 16.3. The molecule has 0 spiro atoms. The molecule has 1 atom stereocenters. The van der Waals surface area contributed by atoms with Crippen molar-refractivity contribution in [2.45, 2.75) is 46.5 Å². The van der Waals surface area contributed by atoms with E-state index in [1.165, 1.54) is 0 Å². The molecule has 0 saturated heterocycles. The van der Waals surface area contributed by atoms with Crippen molar-refractivity contribution < 1.29 is 10.2 Å². The van der Waals surface area contributed by atoms with Crippen LogP contribution >= 0.6 is 0 Å². The fourth-order valence-electron chi connectivity index (χ4n) is 1.73. The third-order valence-corrected chi connectivity index (χ3v) is 3.32. The molecule has 0 radical (unpaired) electrons. The molecule has 0 bridgehead atoms. The lowest BCUT2D eigenvalue weighted by Crippen LogP contribution is -2.36. The zero-order chi connectivity index (χ0) is 10.3. The van der Waals surface area contributed by atoms with Crippen LogP contribution in [0, 0.1) is 11.3 Å². The third-order valence-electron chi connectivity index (χ3n) is 3.32. The SMILES string of the molecule is CCCCC(CO)(CO)C(C)CC. The molecule has 0 saturated carbocycles. The minimum atomic E-state index is -0.245. The van der Waals surface area contributed by atoms with Gasteiger partial charge in [-0.05, 0) is 12.3 Å². The Labute approximate surface area is 82.0 Å². The van der Waals surface area contributed by atoms with E-state index >= 15 is 0 Å². The van der Waals surface area contributed by atoms with Gasteiger partial charge in [0.15, 0.2) is 0 Å². The Kier molecular flexibility index (Phi) is 6.35. The third kappa shape index (κ3) is 3.28. The van der Waals surface area contributed by atoms with Crippen LogP contribution < -0.4 is 0 Å². The van der Waals surface area contributed by atoms with Gasteiger partial charge in [-0.25, -0.2) is 0 Å². The van der Waals surface area contributed by atoms with Gasteiger partial charge in [0.05, 0.1) is 13.2 Å². The molecule has 0 aliphatic carbocycles. The molecule has 0 aromatic heterocycles. The second kappa shape index (κ2) is 6.39. The van der Waals surface area contributed by atoms with Gasteiger partial charge in [-0.15, -0.1) is 0 Å². The summed E-state index contributed by atoms with van der Waals surface area (Å²) in [6.07, 6.45) is 4.17. The molecule has 0 aliphatic rings. The molecule has 1 unspecified atom stereocenters. The summed E-state index contributed by atoms with van der Waals surface area (Å²) in [6.45, 7) is 6.58. The highest BCUT2D eigenvalue weighted by Gasteiger charge is 2.33. The summed E-state index contributed by atoms with van der Waals surface area (Å²) in [5, 5.41) is 18.7. The summed E-state index contributed by atoms with van der Waals surface area (Å²) in [4.78, 5) is 0. The molecule has 13 heavy (non-hydrogen) atoms. The van der Waals surface area contributed by atoms with Gasteiger partial charge >= 0.3 is 0 Å². The van der Waals surface area contributed by atoms with Crippen molar-refractivity contribution in [2.24, 2.45) is 11.3 Å². The first-order valence-electron chi connectivity index (χ1n) is 5.38. The van der Waals surface area contributed by atoms with Crippen LogP contribution in [0.4, 0.5) is 0 Å². The molecule has 0 aromatic carbocycles. The van der Waals surface area contributed by atoms with Crippen LogP contribution in [0.2, 0.25) is 0 Å². The first kappa shape index (κ1) is 12.9. The number of aliphatic hydroxyl groups excluding tert-OH is 2. The first-order chi connectivity index (χ1) is 6.16. The van der Waals surface area contributed by atoms with E-state index in [1.807, 2.05) is 0 Å². The van der Waals surface area contributed by atoms with Gasteiger partial charge in [-0.2, -0.15) is 0 Å². The predicted octanol–water partition coefficient (Wildman–Crippen LogP) is 2.19. The molecule has 2 N–H and O–H groups in total. The number of hydrogen-bond donors (Lipinski definition) is 2. The van der Waals surface area contributed by atoms with Crippen LogP contribution in [0.3, 0.4) is 0 Å². The summed E-state index contributed by atoms with van der Waals surface area (Å²) in [7, 11) is 0. The van der Waals surface area contributed by atoms with E-state index in [4.69, 9.17) is 0 Å². The molecule has 0 aliphatic heterocycles. The van der Waals surface area contributed by atoms with Crippen molar-refractivity contribution >= 4 is 0 Å². The lowest BCUT2D eigenvalue weighted by atomic mass is 9.73. The Bertz CT molecular complexity index is 119. The van der Waals surface area contributed by atoms with E-state index in [1.54, 1.807) is 0 Å². The highest BCUT2D eigenvalue weighted by molar-refractivity contribution is 4.82. The van der Waals surface area contributed by atoms with Crippen molar-refractivity contribution in [1.82, 2.24) is 0 Å². The molecule has 2 nitrogen and oxygen atoms in total. The van der Waals surface area contributed by atoms with Gasteiger partial charge in [0, 0.05) is 5.41 Å². The minimum absolute atomic E-state index is 0.110. The van der Waals surface area contributed by atoms with E-state index < -0.39 is 0 Å². The van der Waals surface area contributed by atoms with Crippen molar-refractivity contribution in [3.63, 3.8) is 0 Å². The van der Waals surface area contributed by atoms with Crippen molar-refractivity contribution in [2.75, 3.05) is 13.2 Å². The Morgan fingerprint density at radius 2 is 1.69 bits per heavy atom. The molecule has 0 fully saturated rings. The maximum Gasteiger partial charge on any atom is 0.0511 e. The topological polar surface area (TPSA) is 40.5 Å². The monoisotopic (exact) mass is 188 g/mol. The number of unbranched alkanes of at least 4 members (excludes halogenated alkanes) is 1. The molecule has 80 valence electrons. The average molecular weight is 188 g/mol. The van der Waals surface area contributed by atoms with E-state index in [0.29, 0.717) is 5.92 Å². The van der Waals surface area contributed by atoms with Gasteiger partial charge in [-0.3, -0.25) is 0 Å². The molecule has 0 rings (SSSR count). The molecular weight excluding hydrogens is 164 g/mol. The predicted molar refractivity (Wildman–Crippen MR) is 55.6 cm³/mol. The quantitative estimate of drug-likeness (QED) is 0.643. The van der Waals surface area contributed by atoms with Crippen molar-refractivity contribution in [1.29, 1.82) is 0 Å². The van der Waals surface area contributed by atoms with Crippen LogP contribution in [0.5, 0.6) is 0 Å². The first-order valence-corrected chi connectivity index (χ1v) is 5.38. The fraction of sp³-hybridized carbons (Fsp3) is 1.00. The van der Waals surface area contributed by atoms with Crippen LogP contribution in [0.1, 0.15) is 46.5 Å².